The molecule has 0 unspecified atom stereocenters. The highest BCUT2D eigenvalue weighted by Crippen LogP contribution is 2.34. The van der Waals surface area contributed by atoms with Crippen molar-refractivity contribution in [2.75, 3.05) is 13.1 Å². The lowest BCUT2D eigenvalue weighted by Gasteiger charge is -2.46. The second kappa shape index (κ2) is 8.29. The minimum absolute atomic E-state index is 0.0186. The molecule has 3 aromatic rings. The second-order valence-corrected chi connectivity index (χ2v) is 7.92. The molecule has 1 aromatic carbocycles. The monoisotopic (exact) mass is 426 g/mol. The van der Waals surface area contributed by atoms with E-state index in [4.69, 9.17) is 0 Å². The number of aromatic nitrogens is 2. The van der Waals surface area contributed by atoms with Crippen molar-refractivity contribution in [3.05, 3.63) is 82.3 Å². The van der Waals surface area contributed by atoms with Crippen molar-refractivity contribution in [2.24, 2.45) is 0 Å². The molecule has 1 aliphatic heterocycles. The van der Waals surface area contributed by atoms with Gasteiger partial charge in [0.25, 0.3) is 11.8 Å². The number of carbonyl (C=O) groups excluding carboxylic acids is 2. The summed E-state index contributed by atoms with van der Waals surface area (Å²) < 4.78 is 14.1. The molecular formula is C21H19FN4O3S. The fraction of sp³-hybridized carbons (Fsp3) is 0.238. The molecule has 1 aliphatic rings. The zero-order chi connectivity index (χ0) is 21.1. The highest BCUT2D eigenvalue weighted by molar-refractivity contribution is 7.11. The average molecular weight is 426 g/mol. The molecule has 30 heavy (non-hydrogen) atoms. The number of likely N-dealkylation sites (tertiary alicyclic amines) is 1. The molecule has 154 valence electrons. The number of carbonyl (C=O) groups is 2. The number of β-amino-alcohol motifs (C(OH)–C–C–N with tert-alkyl or cyclic N) is 1. The van der Waals surface area contributed by atoms with Gasteiger partial charge in [0.2, 0.25) is 0 Å². The normalized spacial score (nSPS) is 21.3. The number of aliphatic hydroxyl groups excluding tert-OH is 1. The topological polar surface area (TPSA) is 95.4 Å². The van der Waals surface area contributed by atoms with Crippen molar-refractivity contribution in [3.63, 3.8) is 0 Å². The van der Waals surface area contributed by atoms with Crippen molar-refractivity contribution in [3.8, 4) is 0 Å². The number of hydrogen-bond acceptors (Lipinski definition) is 6. The SMILES string of the molecule is O=C(N[C@]1(c2ccccc2)CCN(C(=O)c2cncs2)C[C@H]1O)c1ccncc1F. The number of aliphatic hydroxyl groups is 1. The number of halogens is 1. The Morgan fingerprint density at radius 3 is 2.67 bits per heavy atom. The number of piperidine rings is 1. The van der Waals surface area contributed by atoms with Gasteiger partial charge in [0, 0.05) is 19.3 Å². The van der Waals surface area contributed by atoms with E-state index in [9.17, 15) is 19.1 Å². The summed E-state index contributed by atoms with van der Waals surface area (Å²) in [6.07, 6.45) is 2.96. The lowest BCUT2D eigenvalue weighted by molar-refractivity contribution is -0.0106. The van der Waals surface area contributed by atoms with E-state index in [1.165, 1.54) is 29.8 Å². The highest BCUT2D eigenvalue weighted by Gasteiger charge is 2.46. The number of nitrogens with one attached hydrogen (secondary N) is 1. The van der Waals surface area contributed by atoms with Gasteiger partial charge in [-0.2, -0.15) is 0 Å². The standard InChI is InChI=1S/C21H19FN4O3S/c22-16-10-23-8-6-15(16)19(28)25-21(14-4-2-1-3-5-14)7-9-26(12-18(21)27)20(29)17-11-24-13-30-17/h1-6,8,10-11,13,18,27H,7,9,12H2,(H,25,28)/t18-,21+/m1/s1. The first-order valence-corrected chi connectivity index (χ1v) is 10.2. The van der Waals surface area contributed by atoms with Gasteiger partial charge in [-0.3, -0.25) is 19.6 Å². The highest BCUT2D eigenvalue weighted by atomic mass is 32.1. The number of rotatable bonds is 4. The van der Waals surface area contributed by atoms with E-state index in [0.717, 1.165) is 6.20 Å². The Labute approximate surface area is 176 Å². The molecule has 0 saturated carbocycles. The predicted octanol–water partition coefficient (Wildman–Crippen LogP) is 2.21. The van der Waals surface area contributed by atoms with Crippen molar-refractivity contribution in [1.82, 2.24) is 20.2 Å². The molecule has 0 spiro atoms. The molecule has 9 heteroatoms. The fourth-order valence-electron chi connectivity index (χ4n) is 3.72. The Balaban J connectivity index is 1.64. The first kappa shape index (κ1) is 20.1. The predicted molar refractivity (Wildman–Crippen MR) is 108 cm³/mol. The Hall–Kier alpha value is -3.17. The van der Waals surface area contributed by atoms with Crippen molar-refractivity contribution < 1.29 is 19.1 Å². The van der Waals surface area contributed by atoms with E-state index in [1.807, 2.05) is 6.07 Å². The van der Waals surface area contributed by atoms with E-state index in [0.29, 0.717) is 17.0 Å². The molecule has 7 nitrogen and oxygen atoms in total. The van der Waals surface area contributed by atoms with E-state index in [1.54, 1.807) is 34.7 Å². The van der Waals surface area contributed by atoms with Gasteiger partial charge in [0.15, 0.2) is 5.82 Å². The van der Waals surface area contributed by atoms with Gasteiger partial charge in [-0.1, -0.05) is 30.3 Å². The zero-order valence-corrected chi connectivity index (χ0v) is 16.7. The van der Waals surface area contributed by atoms with Crippen LogP contribution in [-0.2, 0) is 5.54 Å². The quantitative estimate of drug-likeness (QED) is 0.667. The smallest absolute Gasteiger partial charge is 0.265 e. The maximum atomic E-state index is 14.1. The summed E-state index contributed by atoms with van der Waals surface area (Å²) in [5.41, 5.74) is 0.935. The Morgan fingerprint density at radius 2 is 2.00 bits per heavy atom. The summed E-state index contributed by atoms with van der Waals surface area (Å²) >= 11 is 1.23. The van der Waals surface area contributed by atoms with Crippen LogP contribution < -0.4 is 5.32 Å². The Morgan fingerprint density at radius 1 is 1.20 bits per heavy atom. The minimum Gasteiger partial charge on any atom is -0.388 e. The van der Waals surface area contributed by atoms with E-state index in [2.05, 4.69) is 15.3 Å². The molecule has 0 aliphatic carbocycles. The number of thiazole rings is 1. The third kappa shape index (κ3) is 3.69. The van der Waals surface area contributed by atoms with Gasteiger partial charge >= 0.3 is 0 Å². The van der Waals surface area contributed by atoms with Gasteiger partial charge in [-0.25, -0.2) is 4.39 Å². The minimum atomic E-state index is -1.17. The van der Waals surface area contributed by atoms with Crippen LogP contribution in [0.5, 0.6) is 0 Å². The van der Waals surface area contributed by atoms with Gasteiger partial charge in [-0.15, -0.1) is 11.3 Å². The molecule has 0 bridgehead atoms. The molecule has 1 saturated heterocycles. The number of amides is 2. The fourth-order valence-corrected chi connectivity index (χ4v) is 4.30. The van der Waals surface area contributed by atoms with Crippen LogP contribution in [0.2, 0.25) is 0 Å². The van der Waals surface area contributed by atoms with Crippen LogP contribution in [0.1, 0.15) is 32.0 Å². The summed E-state index contributed by atoms with van der Waals surface area (Å²) in [7, 11) is 0. The summed E-state index contributed by atoms with van der Waals surface area (Å²) in [6.45, 7) is 0.326. The van der Waals surface area contributed by atoms with E-state index >= 15 is 0 Å². The lowest BCUT2D eigenvalue weighted by Crippen LogP contribution is -2.62. The van der Waals surface area contributed by atoms with Crippen molar-refractivity contribution in [2.45, 2.75) is 18.1 Å². The first-order valence-electron chi connectivity index (χ1n) is 9.34. The van der Waals surface area contributed by atoms with Crippen LogP contribution in [0.3, 0.4) is 0 Å². The van der Waals surface area contributed by atoms with Crippen LogP contribution in [0.25, 0.3) is 0 Å². The van der Waals surface area contributed by atoms with Crippen molar-refractivity contribution in [1.29, 1.82) is 0 Å². The molecular weight excluding hydrogens is 407 g/mol. The van der Waals surface area contributed by atoms with E-state index < -0.39 is 23.4 Å². The molecule has 2 atom stereocenters. The average Bonchev–Trinajstić information content (AvgIpc) is 3.30. The van der Waals surface area contributed by atoms with Gasteiger partial charge in [0.1, 0.15) is 4.88 Å². The molecule has 2 aromatic heterocycles. The van der Waals surface area contributed by atoms with Gasteiger partial charge < -0.3 is 15.3 Å². The molecule has 2 amide bonds. The third-order valence-electron chi connectivity index (χ3n) is 5.31. The molecule has 1 fully saturated rings. The number of benzene rings is 1. The van der Waals surface area contributed by atoms with Gasteiger partial charge in [0.05, 0.1) is 35.1 Å². The zero-order valence-electron chi connectivity index (χ0n) is 15.9. The third-order valence-corrected chi connectivity index (χ3v) is 6.07. The molecule has 4 rings (SSSR count). The summed E-state index contributed by atoms with van der Waals surface area (Å²) in [5, 5.41) is 14.0. The number of pyridine rings is 1. The summed E-state index contributed by atoms with van der Waals surface area (Å²) in [4.78, 5) is 35.2. The summed E-state index contributed by atoms with van der Waals surface area (Å²) in [5.74, 6) is -1.62. The largest absolute Gasteiger partial charge is 0.388 e. The van der Waals surface area contributed by atoms with Gasteiger partial charge in [-0.05, 0) is 18.1 Å². The second-order valence-electron chi connectivity index (χ2n) is 7.03. The molecule has 0 radical (unpaired) electrons. The molecule has 2 N–H and O–H groups in total. The van der Waals surface area contributed by atoms with Crippen LogP contribution in [-0.4, -0.2) is 51.0 Å². The lowest BCUT2D eigenvalue weighted by atomic mass is 9.78. The van der Waals surface area contributed by atoms with Crippen LogP contribution in [0.15, 0.2) is 60.5 Å². The van der Waals surface area contributed by atoms with Crippen molar-refractivity contribution >= 4 is 23.2 Å². The molecule has 3 heterocycles. The summed E-state index contributed by atoms with van der Waals surface area (Å²) in [6, 6.07) is 10.3. The maximum absolute atomic E-state index is 14.1. The van der Waals surface area contributed by atoms with Crippen LogP contribution >= 0.6 is 11.3 Å². The van der Waals surface area contributed by atoms with Crippen LogP contribution in [0, 0.1) is 5.82 Å². The Bertz CT molecular complexity index is 1050. The first-order chi connectivity index (χ1) is 14.5. The number of hydrogen-bond donors (Lipinski definition) is 2. The number of nitrogens with zero attached hydrogens (tertiary/aromatic N) is 3. The van der Waals surface area contributed by atoms with E-state index in [-0.39, 0.29) is 24.4 Å². The Kier molecular flexibility index (Phi) is 5.56. The maximum Gasteiger partial charge on any atom is 0.265 e. The van der Waals surface area contributed by atoms with Crippen LogP contribution in [0.4, 0.5) is 4.39 Å².